The average molecular weight is 330 g/mol. The van der Waals surface area contributed by atoms with Crippen LogP contribution in [0.4, 0.5) is 9.52 Å². The summed E-state index contributed by atoms with van der Waals surface area (Å²) in [5, 5.41) is 9.61. The minimum Gasteiger partial charge on any atom is -0.298 e. The maximum absolute atomic E-state index is 13.1. The number of amides is 1. The van der Waals surface area contributed by atoms with Gasteiger partial charge >= 0.3 is 0 Å². The van der Waals surface area contributed by atoms with Gasteiger partial charge in [0.2, 0.25) is 0 Å². The summed E-state index contributed by atoms with van der Waals surface area (Å²) in [6.07, 6.45) is 0. The van der Waals surface area contributed by atoms with Crippen molar-refractivity contribution in [3.05, 3.63) is 58.1 Å². The predicted molar refractivity (Wildman–Crippen MR) is 87.8 cm³/mol. The Balaban J connectivity index is 1.94. The first kappa shape index (κ1) is 15.4. The van der Waals surface area contributed by atoms with E-state index in [0.29, 0.717) is 27.8 Å². The lowest BCUT2D eigenvalue weighted by Crippen LogP contribution is -2.14. The minimum absolute atomic E-state index is 0.247. The van der Waals surface area contributed by atoms with Gasteiger partial charge in [-0.3, -0.25) is 10.1 Å². The van der Waals surface area contributed by atoms with Crippen molar-refractivity contribution in [2.75, 3.05) is 5.32 Å². The van der Waals surface area contributed by atoms with Crippen molar-refractivity contribution >= 4 is 22.4 Å². The molecule has 2 aromatic heterocycles. The van der Waals surface area contributed by atoms with E-state index in [2.05, 4.69) is 15.4 Å². The van der Waals surface area contributed by atoms with Crippen LogP contribution in [0.3, 0.4) is 0 Å². The summed E-state index contributed by atoms with van der Waals surface area (Å²) in [4.78, 5) is 16.7. The first-order valence-corrected chi connectivity index (χ1v) is 7.89. The summed E-state index contributed by atoms with van der Waals surface area (Å²) < 4.78 is 14.7. The number of nitrogens with zero attached hydrogens (tertiary/aromatic N) is 3. The molecule has 1 amide bonds. The van der Waals surface area contributed by atoms with Crippen molar-refractivity contribution in [3.8, 4) is 5.69 Å². The molecule has 2 heterocycles. The first-order valence-electron chi connectivity index (χ1n) is 7.01. The van der Waals surface area contributed by atoms with Crippen molar-refractivity contribution < 1.29 is 9.18 Å². The monoisotopic (exact) mass is 330 g/mol. The van der Waals surface area contributed by atoms with Crippen LogP contribution < -0.4 is 5.32 Å². The largest absolute Gasteiger partial charge is 0.298 e. The average Bonchev–Trinajstić information content (AvgIpc) is 3.03. The quantitative estimate of drug-likeness (QED) is 0.797. The van der Waals surface area contributed by atoms with Crippen LogP contribution in [0.2, 0.25) is 0 Å². The summed E-state index contributed by atoms with van der Waals surface area (Å²) in [7, 11) is 0. The summed E-state index contributed by atoms with van der Waals surface area (Å²) in [6.45, 7) is 5.45. The molecule has 1 aromatic carbocycles. The SMILES string of the molecule is Cc1csc(NC(=O)c2c(C)nn(-c3ccc(F)cc3)c2C)n1. The Morgan fingerprint density at radius 2 is 1.91 bits per heavy atom. The molecule has 23 heavy (non-hydrogen) atoms. The number of aromatic nitrogens is 3. The zero-order valence-corrected chi connectivity index (χ0v) is 13.7. The van der Waals surface area contributed by atoms with Crippen molar-refractivity contribution in [1.82, 2.24) is 14.8 Å². The molecule has 1 N–H and O–H groups in total. The normalized spacial score (nSPS) is 10.8. The third-order valence-corrected chi connectivity index (χ3v) is 4.30. The molecule has 0 bridgehead atoms. The highest BCUT2D eigenvalue weighted by Crippen LogP contribution is 2.21. The van der Waals surface area contributed by atoms with E-state index in [1.165, 1.54) is 23.5 Å². The van der Waals surface area contributed by atoms with Gasteiger partial charge in [0.05, 0.1) is 28.3 Å². The number of aryl methyl sites for hydroxylation is 2. The number of nitrogens with one attached hydrogen (secondary N) is 1. The Morgan fingerprint density at radius 1 is 1.22 bits per heavy atom. The zero-order chi connectivity index (χ0) is 16.6. The van der Waals surface area contributed by atoms with Gasteiger partial charge in [0, 0.05) is 5.38 Å². The molecular formula is C16H15FN4OS. The molecule has 0 saturated heterocycles. The van der Waals surface area contributed by atoms with E-state index in [9.17, 15) is 9.18 Å². The van der Waals surface area contributed by atoms with Gasteiger partial charge in [-0.1, -0.05) is 0 Å². The Bertz CT molecular complexity index is 867. The molecule has 0 spiro atoms. The maximum atomic E-state index is 13.1. The van der Waals surface area contributed by atoms with E-state index in [0.717, 1.165) is 5.69 Å². The van der Waals surface area contributed by atoms with Gasteiger partial charge in [0.25, 0.3) is 5.91 Å². The molecule has 0 aliphatic heterocycles. The summed E-state index contributed by atoms with van der Waals surface area (Å²) in [6, 6.07) is 5.98. The topological polar surface area (TPSA) is 59.8 Å². The van der Waals surface area contributed by atoms with E-state index in [4.69, 9.17) is 0 Å². The Kier molecular flexibility index (Phi) is 3.96. The van der Waals surface area contributed by atoms with Crippen LogP contribution in [-0.2, 0) is 0 Å². The Morgan fingerprint density at radius 3 is 2.52 bits per heavy atom. The van der Waals surface area contributed by atoms with E-state index in [1.807, 2.05) is 19.2 Å². The summed E-state index contributed by atoms with van der Waals surface area (Å²) in [5.41, 5.74) is 3.37. The highest BCUT2D eigenvalue weighted by molar-refractivity contribution is 7.13. The number of carbonyl (C=O) groups excluding carboxylic acids is 1. The van der Waals surface area contributed by atoms with Gasteiger partial charge in [-0.15, -0.1) is 11.3 Å². The summed E-state index contributed by atoms with van der Waals surface area (Å²) >= 11 is 1.38. The van der Waals surface area contributed by atoms with Crippen LogP contribution in [0.5, 0.6) is 0 Å². The van der Waals surface area contributed by atoms with Crippen LogP contribution in [-0.4, -0.2) is 20.7 Å². The molecule has 0 atom stereocenters. The number of rotatable bonds is 3. The van der Waals surface area contributed by atoms with E-state index >= 15 is 0 Å². The van der Waals surface area contributed by atoms with Gasteiger partial charge in [-0.05, 0) is 45.0 Å². The standard InChI is InChI=1S/C16H15FN4OS/c1-9-8-23-16(18-9)19-15(22)14-10(2)20-21(11(14)3)13-6-4-12(17)5-7-13/h4-8H,1-3H3,(H,18,19,22). The van der Waals surface area contributed by atoms with E-state index < -0.39 is 0 Å². The second kappa shape index (κ2) is 5.92. The molecule has 0 aliphatic rings. The highest BCUT2D eigenvalue weighted by atomic mass is 32.1. The number of hydrogen-bond donors (Lipinski definition) is 1. The molecule has 5 nitrogen and oxygen atoms in total. The number of hydrogen-bond acceptors (Lipinski definition) is 4. The van der Waals surface area contributed by atoms with Gasteiger partial charge in [0.15, 0.2) is 5.13 Å². The van der Waals surface area contributed by atoms with Gasteiger partial charge < -0.3 is 0 Å². The number of halogens is 1. The molecule has 0 saturated carbocycles. The van der Waals surface area contributed by atoms with Gasteiger partial charge in [0.1, 0.15) is 5.82 Å². The maximum Gasteiger partial charge on any atom is 0.261 e. The molecule has 118 valence electrons. The Hall–Kier alpha value is -2.54. The van der Waals surface area contributed by atoms with Crippen molar-refractivity contribution in [1.29, 1.82) is 0 Å². The van der Waals surface area contributed by atoms with E-state index in [1.54, 1.807) is 23.7 Å². The fraction of sp³-hybridized carbons (Fsp3) is 0.188. The minimum atomic E-state index is -0.313. The molecule has 0 fully saturated rings. The second-order valence-corrected chi connectivity index (χ2v) is 6.04. The third-order valence-electron chi connectivity index (χ3n) is 3.43. The van der Waals surface area contributed by atoms with Crippen LogP contribution in [0.1, 0.15) is 27.4 Å². The first-order chi connectivity index (χ1) is 11.0. The number of anilines is 1. The molecule has 3 aromatic rings. The van der Waals surface area contributed by atoms with E-state index in [-0.39, 0.29) is 11.7 Å². The smallest absolute Gasteiger partial charge is 0.261 e. The van der Waals surface area contributed by atoms with Crippen LogP contribution >= 0.6 is 11.3 Å². The van der Waals surface area contributed by atoms with Crippen LogP contribution in [0, 0.1) is 26.6 Å². The van der Waals surface area contributed by atoms with Crippen LogP contribution in [0.25, 0.3) is 5.69 Å². The highest BCUT2D eigenvalue weighted by Gasteiger charge is 2.20. The molecule has 0 unspecified atom stereocenters. The molecule has 3 rings (SSSR count). The molecule has 0 radical (unpaired) electrons. The molecular weight excluding hydrogens is 315 g/mol. The van der Waals surface area contributed by atoms with Crippen molar-refractivity contribution in [2.24, 2.45) is 0 Å². The van der Waals surface area contributed by atoms with Gasteiger partial charge in [-0.25, -0.2) is 14.1 Å². The van der Waals surface area contributed by atoms with Gasteiger partial charge in [-0.2, -0.15) is 5.10 Å². The lowest BCUT2D eigenvalue weighted by atomic mass is 10.2. The fourth-order valence-electron chi connectivity index (χ4n) is 2.38. The molecule has 0 aliphatic carbocycles. The van der Waals surface area contributed by atoms with Crippen molar-refractivity contribution in [3.63, 3.8) is 0 Å². The lowest BCUT2D eigenvalue weighted by Gasteiger charge is -2.05. The number of carbonyl (C=O) groups is 1. The summed E-state index contributed by atoms with van der Waals surface area (Å²) in [5.74, 6) is -0.560. The fourth-order valence-corrected chi connectivity index (χ4v) is 3.06. The second-order valence-electron chi connectivity index (χ2n) is 5.18. The van der Waals surface area contributed by atoms with Crippen molar-refractivity contribution in [2.45, 2.75) is 20.8 Å². The number of benzene rings is 1. The number of thiazole rings is 1. The molecule has 7 heteroatoms. The third kappa shape index (κ3) is 3.00. The lowest BCUT2D eigenvalue weighted by molar-refractivity contribution is 0.102. The predicted octanol–water partition coefficient (Wildman–Crippen LogP) is 3.65. The zero-order valence-electron chi connectivity index (χ0n) is 12.9. The van der Waals surface area contributed by atoms with Crippen LogP contribution in [0.15, 0.2) is 29.6 Å². The Labute approximate surface area is 136 Å².